The molecule has 0 aliphatic heterocycles. The zero-order valence-corrected chi connectivity index (χ0v) is 13.6. The van der Waals surface area contributed by atoms with Gasteiger partial charge in [-0.25, -0.2) is 0 Å². The van der Waals surface area contributed by atoms with Crippen LogP contribution in [0.15, 0.2) is 28.1 Å². The van der Waals surface area contributed by atoms with Crippen LogP contribution in [-0.4, -0.2) is 26.8 Å². The molecule has 104 valence electrons. The van der Waals surface area contributed by atoms with Gasteiger partial charge in [0.05, 0.1) is 6.61 Å². The average Bonchev–Trinajstić information content (AvgIpc) is 2.83. The van der Waals surface area contributed by atoms with Crippen molar-refractivity contribution < 1.29 is 4.74 Å². The lowest BCUT2D eigenvalue weighted by atomic mass is 10.1. The van der Waals surface area contributed by atoms with Crippen LogP contribution in [0.4, 0.5) is 0 Å². The summed E-state index contributed by atoms with van der Waals surface area (Å²) in [6, 6.07) is 6.46. The second-order valence-electron chi connectivity index (χ2n) is 4.58. The van der Waals surface area contributed by atoms with Crippen LogP contribution < -0.4 is 5.32 Å². The van der Waals surface area contributed by atoms with Crippen LogP contribution in [0.25, 0.3) is 10.1 Å². The van der Waals surface area contributed by atoms with Crippen molar-refractivity contribution in [1.29, 1.82) is 0 Å². The van der Waals surface area contributed by atoms with Crippen LogP contribution >= 0.6 is 27.3 Å². The number of aryl methyl sites for hydroxylation is 1. The quantitative estimate of drug-likeness (QED) is 0.725. The van der Waals surface area contributed by atoms with Gasteiger partial charge in [0.2, 0.25) is 0 Å². The number of halogens is 1. The van der Waals surface area contributed by atoms with E-state index in [1.54, 1.807) is 7.11 Å². The summed E-state index contributed by atoms with van der Waals surface area (Å²) in [4.78, 5) is 0. The van der Waals surface area contributed by atoms with Crippen molar-refractivity contribution in [2.24, 2.45) is 0 Å². The lowest BCUT2D eigenvalue weighted by Gasteiger charge is -2.04. The van der Waals surface area contributed by atoms with E-state index in [1.807, 2.05) is 11.3 Å². The predicted molar refractivity (Wildman–Crippen MR) is 87.2 cm³/mol. The van der Waals surface area contributed by atoms with Crippen molar-refractivity contribution in [3.63, 3.8) is 0 Å². The van der Waals surface area contributed by atoms with E-state index >= 15 is 0 Å². The minimum atomic E-state index is 0.795. The molecule has 0 aliphatic rings. The first-order chi connectivity index (χ1) is 9.33. The van der Waals surface area contributed by atoms with Crippen LogP contribution in [0, 0.1) is 0 Å². The van der Waals surface area contributed by atoms with Crippen LogP contribution in [-0.2, 0) is 11.2 Å². The average molecular weight is 342 g/mol. The topological polar surface area (TPSA) is 21.3 Å². The van der Waals surface area contributed by atoms with E-state index in [1.165, 1.54) is 39.4 Å². The van der Waals surface area contributed by atoms with Gasteiger partial charge in [0.15, 0.2) is 0 Å². The van der Waals surface area contributed by atoms with Gasteiger partial charge in [0.25, 0.3) is 0 Å². The number of nitrogens with one attached hydrogen (secondary N) is 1. The molecular weight excluding hydrogens is 322 g/mol. The molecule has 2 nitrogen and oxygen atoms in total. The Labute approximate surface area is 127 Å². The first-order valence-corrected chi connectivity index (χ1v) is 8.34. The van der Waals surface area contributed by atoms with E-state index in [2.05, 4.69) is 44.8 Å². The second-order valence-corrected chi connectivity index (χ2v) is 6.31. The summed E-state index contributed by atoms with van der Waals surface area (Å²) < 4.78 is 7.58. The number of benzene rings is 1. The Morgan fingerprint density at radius 1 is 1.26 bits per heavy atom. The molecule has 0 spiro atoms. The predicted octanol–water partition coefficient (Wildman–Crippen LogP) is 4.22. The Balaban J connectivity index is 1.77. The van der Waals surface area contributed by atoms with Crippen molar-refractivity contribution in [2.75, 3.05) is 26.8 Å². The molecule has 0 atom stereocenters. The number of thiophene rings is 1. The minimum absolute atomic E-state index is 0.795. The third-order valence-corrected chi connectivity index (χ3v) is 5.17. The molecule has 0 radical (unpaired) electrons. The molecule has 1 heterocycles. The molecule has 2 rings (SSSR count). The first kappa shape index (κ1) is 15.0. The number of hydrogen-bond donors (Lipinski definition) is 1. The lowest BCUT2D eigenvalue weighted by Crippen LogP contribution is -2.20. The molecule has 0 amide bonds. The summed E-state index contributed by atoms with van der Waals surface area (Å²) in [5.74, 6) is 0. The van der Waals surface area contributed by atoms with Crippen molar-refractivity contribution in [1.82, 2.24) is 5.32 Å². The standard InChI is InChI=1S/C15H20BrNOS/c1-18-10-9-17-8-3-2-5-12-11-19-15-13(12)6-4-7-14(15)16/h4,6-7,11,17H,2-3,5,8-10H2,1H3. The van der Waals surface area contributed by atoms with Gasteiger partial charge in [-0.3, -0.25) is 0 Å². The molecule has 4 heteroatoms. The Morgan fingerprint density at radius 2 is 2.16 bits per heavy atom. The highest BCUT2D eigenvalue weighted by molar-refractivity contribution is 9.10. The summed E-state index contributed by atoms with van der Waals surface area (Å²) >= 11 is 5.45. The van der Waals surface area contributed by atoms with E-state index in [0.717, 1.165) is 19.7 Å². The highest BCUT2D eigenvalue weighted by atomic mass is 79.9. The van der Waals surface area contributed by atoms with Gasteiger partial charge >= 0.3 is 0 Å². The highest BCUT2D eigenvalue weighted by Gasteiger charge is 2.05. The number of unbranched alkanes of at least 4 members (excludes halogenated alkanes) is 1. The van der Waals surface area contributed by atoms with Gasteiger partial charge in [-0.1, -0.05) is 12.1 Å². The van der Waals surface area contributed by atoms with Crippen molar-refractivity contribution >= 4 is 37.4 Å². The maximum Gasteiger partial charge on any atom is 0.0587 e. The molecule has 0 unspecified atom stereocenters. The van der Waals surface area contributed by atoms with Crippen LogP contribution in [0.1, 0.15) is 18.4 Å². The summed E-state index contributed by atoms with van der Waals surface area (Å²) in [5, 5.41) is 7.09. The Bertz CT molecular complexity index is 512. The zero-order valence-electron chi connectivity index (χ0n) is 11.2. The SMILES string of the molecule is COCCNCCCCc1csc2c(Br)cccc12. The van der Waals surface area contributed by atoms with Gasteiger partial charge in [0.1, 0.15) is 0 Å². The van der Waals surface area contributed by atoms with E-state index in [-0.39, 0.29) is 0 Å². The van der Waals surface area contributed by atoms with E-state index in [9.17, 15) is 0 Å². The first-order valence-electron chi connectivity index (χ1n) is 6.67. The smallest absolute Gasteiger partial charge is 0.0587 e. The molecule has 1 aromatic heterocycles. The number of methoxy groups -OCH3 is 1. The lowest BCUT2D eigenvalue weighted by molar-refractivity contribution is 0.199. The van der Waals surface area contributed by atoms with E-state index < -0.39 is 0 Å². The molecule has 0 saturated heterocycles. The minimum Gasteiger partial charge on any atom is -0.383 e. The Kier molecular flexibility index (Phi) is 6.31. The summed E-state index contributed by atoms with van der Waals surface area (Å²) in [6.07, 6.45) is 3.62. The van der Waals surface area contributed by atoms with E-state index in [4.69, 9.17) is 4.74 Å². The third-order valence-electron chi connectivity index (χ3n) is 3.16. The zero-order chi connectivity index (χ0) is 13.5. The fraction of sp³-hybridized carbons (Fsp3) is 0.467. The monoisotopic (exact) mass is 341 g/mol. The van der Waals surface area contributed by atoms with Crippen molar-refractivity contribution in [3.05, 3.63) is 33.6 Å². The molecule has 2 aromatic rings. The largest absolute Gasteiger partial charge is 0.383 e. The van der Waals surface area contributed by atoms with Gasteiger partial charge in [-0.05, 0) is 64.1 Å². The van der Waals surface area contributed by atoms with Crippen LogP contribution in [0.5, 0.6) is 0 Å². The Morgan fingerprint density at radius 3 is 3.00 bits per heavy atom. The van der Waals surface area contributed by atoms with Crippen molar-refractivity contribution in [2.45, 2.75) is 19.3 Å². The fourth-order valence-corrected chi connectivity index (χ4v) is 3.79. The molecular formula is C15H20BrNOS. The number of rotatable bonds is 8. The summed E-state index contributed by atoms with van der Waals surface area (Å²) in [7, 11) is 1.74. The van der Waals surface area contributed by atoms with Gasteiger partial charge in [0, 0.05) is 22.8 Å². The molecule has 1 N–H and O–H groups in total. The van der Waals surface area contributed by atoms with Gasteiger partial charge in [-0.15, -0.1) is 11.3 Å². The summed E-state index contributed by atoms with van der Waals surface area (Å²) in [5.41, 5.74) is 1.48. The molecule has 0 aliphatic carbocycles. The second kappa shape index (κ2) is 8.00. The van der Waals surface area contributed by atoms with Gasteiger partial charge in [-0.2, -0.15) is 0 Å². The third kappa shape index (κ3) is 4.28. The Hall–Kier alpha value is -0.420. The molecule has 1 aromatic carbocycles. The highest BCUT2D eigenvalue weighted by Crippen LogP contribution is 2.32. The molecule has 19 heavy (non-hydrogen) atoms. The number of hydrogen-bond acceptors (Lipinski definition) is 3. The molecule has 0 saturated carbocycles. The fourth-order valence-electron chi connectivity index (χ4n) is 2.13. The normalized spacial score (nSPS) is 11.3. The maximum atomic E-state index is 5.00. The number of fused-ring (bicyclic) bond motifs is 1. The van der Waals surface area contributed by atoms with Crippen LogP contribution in [0.2, 0.25) is 0 Å². The van der Waals surface area contributed by atoms with Crippen LogP contribution in [0.3, 0.4) is 0 Å². The van der Waals surface area contributed by atoms with Crippen molar-refractivity contribution in [3.8, 4) is 0 Å². The number of ether oxygens (including phenoxy) is 1. The summed E-state index contributed by atoms with van der Waals surface area (Å²) in [6.45, 7) is 2.82. The van der Waals surface area contributed by atoms with Gasteiger partial charge < -0.3 is 10.1 Å². The maximum absolute atomic E-state index is 5.00. The van der Waals surface area contributed by atoms with E-state index in [0.29, 0.717) is 0 Å². The molecule has 0 bridgehead atoms. The molecule has 0 fully saturated rings.